The SMILES string of the molecule is CCN(CC)c1c(S(=O)(=O)c2ccccc2)cnc2ccc(C)cc12. The van der Waals surface area contributed by atoms with E-state index in [4.69, 9.17) is 0 Å². The lowest BCUT2D eigenvalue weighted by Crippen LogP contribution is -2.24. The van der Waals surface area contributed by atoms with Gasteiger partial charge in [-0.15, -0.1) is 0 Å². The van der Waals surface area contributed by atoms with E-state index in [9.17, 15) is 8.42 Å². The molecule has 2 aromatic carbocycles. The third-order valence-corrected chi connectivity index (χ3v) is 6.15. The Morgan fingerprint density at radius 2 is 1.68 bits per heavy atom. The number of nitrogens with zero attached hydrogens (tertiary/aromatic N) is 2. The van der Waals surface area contributed by atoms with Crippen molar-refractivity contribution in [3.8, 4) is 0 Å². The first-order chi connectivity index (χ1) is 12.0. The molecule has 0 bridgehead atoms. The molecule has 0 saturated carbocycles. The Morgan fingerprint density at radius 3 is 2.32 bits per heavy atom. The fraction of sp³-hybridized carbons (Fsp3) is 0.250. The summed E-state index contributed by atoms with van der Waals surface area (Å²) in [5.74, 6) is 0. The zero-order valence-electron chi connectivity index (χ0n) is 14.7. The van der Waals surface area contributed by atoms with E-state index in [-0.39, 0.29) is 9.79 Å². The van der Waals surface area contributed by atoms with Gasteiger partial charge in [0.1, 0.15) is 4.90 Å². The van der Waals surface area contributed by atoms with E-state index in [0.29, 0.717) is 0 Å². The fourth-order valence-electron chi connectivity index (χ4n) is 3.06. The second kappa shape index (κ2) is 6.84. The van der Waals surface area contributed by atoms with Gasteiger partial charge >= 0.3 is 0 Å². The van der Waals surface area contributed by atoms with E-state index < -0.39 is 9.84 Å². The number of aryl methyl sites for hydroxylation is 1. The maximum absolute atomic E-state index is 13.3. The van der Waals surface area contributed by atoms with Crippen molar-refractivity contribution in [1.29, 1.82) is 0 Å². The lowest BCUT2D eigenvalue weighted by molar-refractivity contribution is 0.595. The van der Waals surface area contributed by atoms with Crippen LogP contribution in [0, 0.1) is 6.92 Å². The maximum Gasteiger partial charge on any atom is 0.210 e. The highest BCUT2D eigenvalue weighted by molar-refractivity contribution is 7.91. The second-order valence-corrected chi connectivity index (χ2v) is 7.90. The first-order valence-corrected chi connectivity index (χ1v) is 9.91. The van der Waals surface area contributed by atoms with Crippen LogP contribution in [-0.2, 0) is 9.84 Å². The summed E-state index contributed by atoms with van der Waals surface area (Å²) in [4.78, 5) is 7.06. The Labute approximate surface area is 149 Å². The fourth-order valence-corrected chi connectivity index (χ4v) is 4.52. The van der Waals surface area contributed by atoms with Gasteiger partial charge in [0.05, 0.1) is 16.1 Å². The zero-order valence-corrected chi connectivity index (χ0v) is 15.5. The summed E-state index contributed by atoms with van der Waals surface area (Å²) >= 11 is 0. The van der Waals surface area contributed by atoms with Crippen molar-refractivity contribution < 1.29 is 8.42 Å². The van der Waals surface area contributed by atoms with Gasteiger partial charge in [-0.1, -0.05) is 29.8 Å². The molecule has 1 heterocycles. The molecule has 0 unspecified atom stereocenters. The Hall–Kier alpha value is -2.40. The highest BCUT2D eigenvalue weighted by Crippen LogP contribution is 2.36. The van der Waals surface area contributed by atoms with Crippen molar-refractivity contribution in [2.24, 2.45) is 0 Å². The molecule has 0 radical (unpaired) electrons. The van der Waals surface area contributed by atoms with Crippen LogP contribution >= 0.6 is 0 Å². The van der Waals surface area contributed by atoms with Gasteiger partial charge in [0.15, 0.2) is 0 Å². The highest BCUT2D eigenvalue weighted by Gasteiger charge is 2.25. The smallest absolute Gasteiger partial charge is 0.210 e. The molecule has 0 aliphatic rings. The summed E-state index contributed by atoms with van der Waals surface area (Å²) < 4.78 is 26.5. The minimum atomic E-state index is -3.64. The molecule has 4 nitrogen and oxygen atoms in total. The quantitative estimate of drug-likeness (QED) is 0.688. The van der Waals surface area contributed by atoms with Gasteiger partial charge in [0, 0.05) is 24.7 Å². The van der Waals surface area contributed by atoms with Crippen molar-refractivity contribution in [3.63, 3.8) is 0 Å². The van der Waals surface area contributed by atoms with Crippen molar-refractivity contribution >= 4 is 26.4 Å². The molecule has 0 saturated heterocycles. The van der Waals surface area contributed by atoms with Gasteiger partial charge in [-0.05, 0) is 45.0 Å². The number of fused-ring (bicyclic) bond motifs is 1. The average Bonchev–Trinajstić information content (AvgIpc) is 2.63. The Bertz CT molecular complexity index is 995. The summed E-state index contributed by atoms with van der Waals surface area (Å²) in [6.07, 6.45) is 1.49. The molecule has 3 aromatic rings. The van der Waals surface area contributed by atoms with Crippen LogP contribution in [0.4, 0.5) is 5.69 Å². The van der Waals surface area contributed by atoms with E-state index in [1.165, 1.54) is 6.20 Å². The number of hydrogen-bond donors (Lipinski definition) is 0. The largest absolute Gasteiger partial charge is 0.370 e. The van der Waals surface area contributed by atoms with Gasteiger partial charge in [-0.3, -0.25) is 4.98 Å². The zero-order chi connectivity index (χ0) is 18.0. The third kappa shape index (κ3) is 3.12. The molecule has 0 atom stereocenters. The third-order valence-electron chi connectivity index (χ3n) is 4.38. The first kappa shape index (κ1) is 17.4. The van der Waals surface area contributed by atoms with E-state index in [0.717, 1.165) is 35.2 Å². The summed E-state index contributed by atoms with van der Waals surface area (Å²) in [6.45, 7) is 7.51. The number of anilines is 1. The normalized spacial score (nSPS) is 11.6. The minimum Gasteiger partial charge on any atom is -0.370 e. The number of hydrogen-bond acceptors (Lipinski definition) is 4. The Balaban J connectivity index is 2.37. The van der Waals surface area contributed by atoms with Gasteiger partial charge in [0.2, 0.25) is 9.84 Å². The van der Waals surface area contributed by atoms with Crippen LogP contribution in [0.1, 0.15) is 19.4 Å². The monoisotopic (exact) mass is 354 g/mol. The van der Waals surface area contributed by atoms with Gasteiger partial charge in [-0.2, -0.15) is 0 Å². The van der Waals surface area contributed by atoms with Crippen molar-refractivity contribution in [1.82, 2.24) is 4.98 Å². The topological polar surface area (TPSA) is 50.3 Å². The molecule has 0 aliphatic heterocycles. The van der Waals surface area contributed by atoms with E-state index in [1.807, 2.05) is 45.0 Å². The molecule has 0 fully saturated rings. The number of aromatic nitrogens is 1. The molecule has 0 amide bonds. The summed E-state index contributed by atoms with van der Waals surface area (Å²) in [6, 6.07) is 14.5. The summed E-state index contributed by atoms with van der Waals surface area (Å²) in [7, 11) is -3.64. The van der Waals surface area contributed by atoms with Gasteiger partial charge < -0.3 is 4.90 Å². The second-order valence-electron chi connectivity index (χ2n) is 5.98. The lowest BCUT2D eigenvalue weighted by Gasteiger charge is -2.25. The summed E-state index contributed by atoms with van der Waals surface area (Å²) in [5, 5.41) is 0.876. The molecule has 5 heteroatoms. The van der Waals surface area contributed by atoms with Crippen LogP contribution < -0.4 is 4.90 Å². The van der Waals surface area contributed by atoms with E-state index >= 15 is 0 Å². The standard InChI is InChI=1S/C20H22N2O2S/c1-4-22(5-2)20-17-13-15(3)11-12-18(17)21-14-19(20)25(23,24)16-9-7-6-8-10-16/h6-14H,4-5H2,1-3H3. The predicted molar refractivity (Wildman–Crippen MR) is 102 cm³/mol. The molecular weight excluding hydrogens is 332 g/mol. The van der Waals surface area contributed by atoms with Gasteiger partial charge in [-0.25, -0.2) is 8.42 Å². The molecular formula is C20H22N2O2S. The van der Waals surface area contributed by atoms with Crippen LogP contribution in [0.15, 0.2) is 64.5 Å². The van der Waals surface area contributed by atoms with Crippen LogP contribution in [0.2, 0.25) is 0 Å². The Morgan fingerprint density at radius 1 is 1.00 bits per heavy atom. The minimum absolute atomic E-state index is 0.264. The van der Waals surface area contributed by atoms with Crippen LogP contribution in [0.5, 0.6) is 0 Å². The molecule has 0 spiro atoms. The molecule has 0 N–H and O–H groups in total. The van der Waals surface area contributed by atoms with Crippen LogP contribution in [-0.4, -0.2) is 26.5 Å². The molecule has 3 rings (SSSR count). The molecule has 0 aliphatic carbocycles. The van der Waals surface area contributed by atoms with Crippen LogP contribution in [0.3, 0.4) is 0 Å². The lowest BCUT2D eigenvalue weighted by atomic mass is 10.1. The molecule has 1 aromatic heterocycles. The van der Waals surface area contributed by atoms with Crippen molar-refractivity contribution in [2.45, 2.75) is 30.6 Å². The maximum atomic E-state index is 13.3. The molecule has 130 valence electrons. The van der Waals surface area contributed by atoms with Crippen LogP contribution in [0.25, 0.3) is 10.9 Å². The first-order valence-electron chi connectivity index (χ1n) is 8.43. The van der Waals surface area contributed by atoms with E-state index in [2.05, 4.69) is 9.88 Å². The predicted octanol–water partition coefficient (Wildman–Crippen LogP) is 4.22. The van der Waals surface area contributed by atoms with Gasteiger partial charge in [0.25, 0.3) is 0 Å². The number of sulfone groups is 1. The average molecular weight is 354 g/mol. The van der Waals surface area contributed by atoms with Crippen molar-refractivity contribution in [2.75, 3.05) is 18.0 Å². The molecule has 25 heavy (non-hydrogen) atoms. The Kier molecular flexibility index (Phi) is 4.77. The number of rotatable bonds is 5. The summed E-state index contributed by atoms with van der Waals surface area (Å²) in [5.41, 5.74) is 2.62. The number of pyridine rings is 1. The van der Waals surface area contributed by atoms with Crippen molar-refractivity contribution in [3.05, 3.63) is 60.3 Å². The highest BCUT2D eigenvalue weighted by atomic mass is 32.2. The number of benzene rings is 2. The van der Waals surface area contributed by atoms with E-state index in [1.54, 1.807) is 24.3 Å².